The van der Waals surface area contributed by atoms with Gasteiger partial charge in [0.1, 0.15) is 0 Å². The number of hydrogen-bond acceptors (Lipinski definition) is 2. The predicted molar refractivity (Wildman–Crippen MR) is 109 cm³/mol. The zero-order valence-electron chi connectivity index (χ0n) is 14.0. The highest BCUT2D eigenvalue weighted by Crippen LogP contribution is 2.31. The van der Waals surface area contributed by atoms with E-state index >= 15 is 0 Å². The smallest absolute Gasteiger partial charge is 0.261 e. The van der Waals surface area contributed by atoms with Crippen LogP contribution in [0.25, 0.3) is 11.1 Å². The van der Waals surface area contributed by atoms with E-state index in [1.165, 1.54) is 0 Å². The Bertz CT molecular complexity index is 1030. The first-order valence-electron chi connectivity index (χ1n) is 8.06. The SMILES string of the molecule is CCc1cccc(NS(=O)(=O)c2ccc(-c3ccc(Cl)cc3Cl)cc2)c1. The highest BCUT2D eigenvalue weighted by Gasteiger charge is 2.15. The molecule has 3 aromatic carbocycles. The molecule has 3 nitrogen and oxygen atoms in total. The highest BCUT2D eigenvalue weighted by atomic mass is 35.5. The minimum absolute atomic E-state index is 0.188. The number of aryl methyl sites for hydroxylation is 1. The Morgan fingerprint density at radius 3 is 2.31 bits per heavy atom. The Kier molecular flexibility index (Phi) is 5.56. The van der Waals surface area contributed by atoms with E-state index in [0.717, 1.165) is 23.1 Å². The van der Waals surface area contributed by atoms with E-state index in [-0.39, 0.29) is 4.90 Å². The van der Waals surface area contributed by atoms with Crippen molar-refractivity contribution in [1.82, 2.24) is 0 Å². The van der Waals surface area contributed by atoms with Crippen LogP contribution in [0.1, 0.15) is 12.5 Å². The van der Waals surface area contributed by atoms with Crippen molar-refractivity contribution in [2.24, 2.45) is 0 Å². The van der Waals surface area contributed by atoms with E-state index in [1.807, 2.05) is 31.2 Å². The van der Waals surface area contributed by atoms with Crippen molar-refractivity contribution in [1.29, 1.82) is 0 Å². The predicted octanol–water partition coefficient (Wildman–Crippen LogP) is 6.02. The summed E-state index contributed by atoms with van der Waals surface area (Å²) >= 11 is 12.1. The average molecular weight is 406 g/mol. The van der Waals surface area contributed by atoms with Gasteiger partial charge in [-0.2, -0.15) is 0 Å². The lowest BCUT2D eigenvalue weighted by Crippen LogP contribution is -2.13. The van der Waals surface area contributed by atoms with Gasteiger partial charge in [0.25, 0.3) is 10.0 Å². The second-order valence-electron chi connectivity index (χ2n) is 5.81. The Hall–Kier alpha value is -2.01. The van der Waals surface area contributed by atoms with E-state index in [9.17, 15) is 8.42 Å². The number of anilines is 1. The summed E-state index contributed by atoms with van der Waals surface area (Å²) in [6.07, 6.45) is 0.839. The maximum Gasteiger partial charge on any atom is 0.261 e. The second-order valence-corrected chi connectivity index (χ2v) is 8.33. The average Bonchev–Trinajstić information content (AvgIpc) is 2.62. The monoisotopic (exact) mass is 405 g/mol. The molecule has 0 aromatic heterocycles. The molecule has 0 aliphatic carbocycles. The van der Waals surface area contributed by atoms with Gasteiger partial charge in [0.05, 0.1) is 4.90 Å². The molecule has 0 fully saturated rings. The number of hydrogen-bond donors (Lipinski definition) is 1. The van der Waals surface area contributed by atoms with E-state index in [1.54, 1.807) is 42.5 Å². The van der Waals surface area contributed by atoms with Gasteiger partial charge in [-0.15, -0.1) is 0 Å². The first-order chi connectivity index (χ1) is 12.4. The van der Waals surface area contributed by atoms with Gasteiger partial charge in [0.2, 0.25) is 0 Å². The molecule has 0 bridgehead atoms. The second kappa shape index (κ2) is 7.70. The van der Waals surface area contributed by atoms with Crippen LogP contribution in [-0.2, 0) is 16.4 Å². The molecule has 0 radical (unpaired) electrons. The zero-order valence-corrected chi connectivity index (χ0v) is 16.4. The zero-order chi connectivity index (χ0) is 18.7. The maximum atomic E-state index is 12.6. The summed E-state index contributed by atoms with van der Waals surface area (Å²) in [7, 11) is -3.66. The van der Waals surface area contributed by atoms with Crippen molar-refractivity contribution < 1.29 is 8.42 Å². The summed E-state index contributed by atoms with van der Waals surface area (Å²) in [5.41, 5.74) is 3.23. The summed E-state index contributed by atoms with van der Waals surface area (Å²) in [5, 5.41) is 1.07. The van der Waals surface area contributed by atoms with Crippen LogP contribution in [0.4, 0.5) is 5.69 Å². The van der Waals surface area contributed by atoms with Crippen LogP contribution in [0.3, 0.4) is 0 Å². The normalized spacial score (nSPS) is 11.3. The van der Waals surface area contributed by atoms with Crippen molar-refractivity contribution in [3.63, 3.8) is 0 Å². The van der Waals surface area contributed by atoms with Gasteiger partial charge in [-0.1, -0.05) is 60.5 Å². The Balaban J connectivity index is 1.87. The van der Waals surface area contributed by atoms with E-state index in [0.29, 0.717) is 15.7 Å². The van der Waals surface area contributed by atoms with Gasteiger partial charge < -0.3 is 0 Å². The molecule has 0 saturated heterocycles. The third kappa shape index (κ3) is 4.21. The standard InChI is InChI=1S/C20H17Cl2NO2S/c1-2-14-4-3-5-17(12-14)23-26(24,25)18-9-6-15(7-10-18)19-11-8-16(21)13-20(19)22/h3-13,23H,2H2,1H3. The molecular formula is C20H17Cl2NO2S. The molecule has 0 saturated carbocycles. The van der Waals surface area contributed by atoms with Crippen molar-refractivity contribution in [2.45, 2.75) is 18.2 Å². The van der Waals surface area contributed by atoms with Crippen molar-refractivity contribution in [3.8, 4) is 11.1 Å². The Morgan fingerprint density at radius 2 is 1.65 bits per heavy atom. The highest BCUT2D eigenvalue weighted by molar-refractivity contribution is 7.92. The van der Waals surface area contributed by atoms with Gasteiger partial charge in [-0.3, -0.25) is 4.72 Å². The third-order valence-electron chi connectivity index (χ3n) is 3.99. The Morgan fingerprint density at radius 1 is 0.923 bits per heavy atom. The molecular weight excluding hydrogens is 389 g/mol. The largest absolute Gasteiger partial charge is 0.280 e. The van der Waals surface area contributed by atoms with Gasteiger partial charge >= 0.3 is 0 Å². The first kappa shape index (κ1) is 18.8. The molecule has 0 unspecified atom stereocenters. The van der Waals surface area contributed by atoms with Gasteiger partial charge in [0, 0.05) is 21.3 Å². The first-order valence-corrected chi connectivity index (χ1v) is 10.3. The van der Waals surface area contributed by atoms with Gasteiger partial charge in [-0.05, 0) is 53.9 Å². The quantitative estimate of drug-likeness (QED) is 0.563. The molecule has 1 N–H and O–H groups in total. The van der Waals surface area contributed by atoms with Gasteiger partial charge in [0.15, 0.2) is 0 Å². The number of sulfonamides is 1. The fraction of sp³-hybridized carbons (Fsp3) is 0.100. The third-order valence-corrected chi connectivity index (χ3v) is 5.94. The fourth-order valence-electron chi connectivity index (χ4n) is 2.61. The molecule has 0 aliphatic heterocycles. The number of rotatable bonds is 5. The van der Waals surface area contributed by atoms with Crippen LogP contribution in [-0.4, -0.2) is 8.42 Å². The minimum atomic E-state index is -3.66. The van der Waals surface area contributed by atoms with Crippen LogP contribution in [0.5, 0.6) is 0 Å². The summed E-state index contributed by atoms with van der Waals surface area (Å²) in [5.74, 6) is 0. The van der Waals surface area contributed by atoms with Crippen molar-refractivity contribution in [3.05, 3.63) is 82.3 Å². The minimum Gasteiger partial charge on any atom is -0.280 e. The summed E-state index contributed by atoms with van der Waals surface area (Å²) < 4.78 is 27.8. The Labute approximate surface area is 163 Å². The van der Waals surface area contributed by atoms with Crippen LogP contribution in [0.2, 0.25) is 10.0 Å². The molecule has 0 amide bonds. The lowest BCUT2D eigenvalue weighted by Gasteiger charge is -2.10. The molecule has 0 spiro atoms. The lowest BCUT2D eigenvalue weighted by atomic mass is 10.1. The molecule has 0 heterocycles. The van der Waals surface area contributed by atoms with Gasteiger partial charge in [-0.25, -0.2) is 8.42 Å². The van der Waals surface area contributed by atoms with Crippen LogP contribution < -0.4 is 4.72 Å². The summed E-state index contributed by atoms with van der Waals surface area (Å²) in [6, 6.07) is 19.2. The molecule has 0 atom stereocenters. The lowest BCUT2D eigenvalue weighted by molar-refractivity contribution is 0.601. The molecule has 3 rings (SSSR count). The van der Waals surface area contributed by atoms with E-state index in [2.05, 4.69) is 4.72 Å². The fourth-order valence-corrected chi connectivity index (χ4v) is 4.17. The number of benzene rings is 3. The molecule has 0 aliphatic rings. The summed E-state index contributed by atoms with van der Waals surface area (Å²) in [4.78, 5) is 0.188. The van der Waals surface area contributed by atoms with Crippen molar-refractivity contribution in [2.75, 3.05) is 4.72 Å². The van der Waals surface area contributed by atoms with Crippen LogP contribution in [0, 0.1) is 0 Å². The topological polar surface area (TPSA) is 46.2 Å². The van der Waals surface area contributed by atoms with E-state index < -0.39 is 10.0 Å². The molecule has 3 aromatic rings. The van der Waals surface area contributed by atoms with Crippen LogP contribution in [0.15, 0.2) is 71.6 Å². The molecule has 134 valence electrons. The number of halogens is 2. The van der Waals surface area contributed by atoms with E-state index in [4.69, 9.17) is 23.2 Å². The number of nitrogens with one attached hydrogen (secondary N) is 1. The molecule has 26 heavy (non-hydrogen) atoms. The summed E-state index contributed by atoms with van der Waals surface area (Å²) in [6.45, 7) is 2.02. The van der Waals surface area contributed by atoms with Crippen molar-refractivity contribution >= 4 is 38.9 Å². The van der Waals surface area contributed by atoms with Crippen LogP contribution >= 0.6 is 23.2 Å². The molecule has 6 heteroatoms. The maximum absolute atomic E-state index is 12.6.